The van der Waals surface area contributed by atoms with Gasteiger partial charge in [0.2, 0.25) is 0 Å². The molecule has 0 saturated carbocycles. The lowest BCUT2D eigenvalue weighted by atomic mass is 10.3. The van der Waals surface area contributed by atoms with Crippen LogP contribution in [0, 0.1) is 52.4 Å². The lowest BCUT2D eigenvalue weighted by Crippen LogP contribution is -2.70. The number of hydrogen-bond donors (Lipinski definition) is 1. The lowest BCUT2D eigenvalue weighted by molar-refractivity contribution is 0.442. The fraction of sp³-hybridized carbons (Fsp3) is 0. The summed E-state index contributed by atoms with van der Waals surface area (Å²) in [6.45, 7) is 0. The van der Waals surface area contributed by atoms with Crippen molar-refractivity contribution in [1.82, 2.24) is 0 Å². The first-order valence-corrected chi connectivity index (χ1v) is 9.60. The SMILES string of the molecule is O[Si](c1ccc(F)c(F)c1F)(c1ccc(F)c(F)c1F)c1ccc(F)c(F)c1F. The predicted molar refractivity (Wildman–Crippen MR) is 85.8 cm³/mol. The summed E-state index contributed by atoms with van der Waals surface area (Å²) in [5, 5.41) is -3.69. The van der Waals surface area contributed by atoms with Gasteiger partial charge in [-0.1, -0.05) is 18.2 Å². The molecule has 0 radical (unpaired) electrons. The molecule has 11 heteroatoms. The Kier molecular flexibility index (Phi) is 5.22. The number of hydrogen-bond acceptors (Lipinski definition) is 1. The Balaban J connectivity index is 2.49. The molecule has 0 amide bonds. The average molecular weight is 438 g/mol. The first-order valence-electron chi connectivity index (χ1n) is 7.66. The molecule has 29 heavy (non-hydrogen) atoms. The molecule has 0 aromatic heterocycles. The summed E-state index contributed by atoms with van der Waals surface area (Å²) in [6.07, 6.45) is 0. The standard InChI is InChI=1S/C18H7F9OSi/c19-7-1-4-10(16(25)13(7)22)29(28,11-5-2-8(20)14(23)17(11)26)12-6-3-9(21)15(24)18(12)27/h1-6,28H. The zero-order valence-electron chi connectivity index (χ0n) is 13.8. The van der Waals surface area contributed by atoms with Gasteiger partial charge in [-0.2, -0.15) is 0 Å². The molecule has 0 spiro atoms. The first kappa shape index (κ1) is 20.9. The summed E-state index contributed by atoms with van der Waals surface area (Å²) >= 11 is 0. The van der Waals surface area contributed by atoms with E-state index in [0.29, 0.717) is 36.4 Å². The third-order valence-electron chi connectivity index (χ3n) is 4.27. The van der Waals surface area contributed by atoms with Crippen LogP contribution in [0.1, 0.15) is 0 Å². The molecule has 1 nitrogen and oxygen atoms in total. The smallest absolute Gasteiger partial charge is 0.294 e. The zero-order valence-corrected chi connectivity index (χ0v) is 14.8. The van der Waals surface area contributed by atoms with E-state index in [4.69, 9.17) is 0 Å². The maximum absolute atomic E-state index is 14.4. The van der Waals surface area contributed by atoms with Crippen LogP contribution in [-0.4, -0.2) is 13.1 Å². The van der Waals surface area contributed by atoms with Crippen molar-refractivity contribution in [2.75, 3.05) is 0 Å². The Morgan fingerprint density at radius 3 is 0.897 bits per heavy atom. The molecule has 152 valence electrons. The van der Waals surface area contributed by atoms with Crippen LogP contribution in [0.2, 0.25) is 0 Å². The molecule has 0 aliphatic heterocycles. The molecule has 0 unspecified atom stereocenters. The highest BCUT2D eigenvalue weighted by Crippen LogP contribution is 2.19. The second kappa shape index (κ2) is 7.23. The number of benzene rings is 3. The van der Waals surface area contributed by atoms with Gasteiger partial charge in [0.05, 0.1) is 0 Å². The second-order valence-corrected chi connectivity index (χ2v) is 8.92. The van der Waals surface area contributed by atoms with Gasteiger partial charge in [0.15, 0.2) is 52.4 Å². The van der Waals surface area contributed by atoms with E-state index in [2.05, 4.69) is 0 Å². The van der Waals surface area contributed by atoms with Crippen molar-refractivity contribution in [2.24, 2.45) is 0 Å². The molecule has 0 bridgehead atoms. The highest BCUT2D eigenvalue weighted by molar-refractivity contribution is 7.06. The minimum absolute atomic E-state index is 0.307. The molecular formula is C18H7F9OSi. The average Bonchev–Trinajstić information content (AvgIpc) is 2.68. The van der Waals surface area contributed by atoms with E-state index in [0.717, 1.165) is 0 Å². The van der Waals surface area contributed by atoms with Crippen LogP contribution in [0.15, 0.2) is 36.4 Å². The molecule has 3 rings (SSSR count). The van der Waals surface area contributed by atoms with Crippen molar-refractivity contribution < 1.29 is 44.3 Å². The van der Waals surface area contributed by atoms with E-state index < -0.39 is 76.2 Å². The molecule has 0 aliphatic carbocycles. The number of rotatable bonds is 3. The van der Waals surface area contributed by atoms with E-state index in [-0.39, 0.29) is 0 Å². The van der Waals surface area contributed by atoms with Gasteiger partial charge in [-0.25, -0.2) is 39.5 Å². The van der Waals surface area contributed by atoms with Crippen molar-refractivity contribution in [3.8, 4) is 0 Å². The lowest BCUT2D eigenvalue weighted by Gasteiger charge is -2.28. The molecule has 1 N–H and O–H groups in total. The fourth-order valence-corrected chi connectivity index (χ4v) is 5.98. The Morgan fingerprint density at radius 1 is 0.414 bits per heavy atom. The van der Waals surface area contributed by atoms with Gasteiger partial charge in [-0.3, -0.25) is 0 Å². The van der Waals surface area contributed by atoms with Gasteiger partial charge >= 0.3 is 0 Å². The Labute approximate surface area is 157 Å². The second-order valence-electron chi connectivity index (χ2n) is 5.88. The Hall–Kier alpha value is -2.79. The van der Waals surface area contributed by atoms with Crippen molar-refractivity contribution in [3.63, 3.8) is 0 Å². The molecule has 0 atom stereocenters. The molecular weight excluding hydrogens is 431 g/mol. The maximum Gasteiger partial charge on any atom is 0.294 e. The van der Waals surface area contributed by atoms with Gasteiger partial charge in [0, 0.05) is 15.6 Å². The summed E-state index contributed by atoms with van der Waals surface area (Å²) in [5.74, 6) is -17.9. The van der Waals surface area contributed by atoms with Gasteiger partial charge < -0.3 is 4.80 Å². The Bertz CT molecular complexity index is 994. The van der Waals surface area contributed by atoms with Crippen molar-refractivity contribution in [1.29, 1.82) is 0 Å². The van der Waals surface area contributed by atoms with E-state index in [1.807, 2.05) is 0 Å². The fourth-order valence-electron chi connectivity index (χ4n) is 2.85. The van der Waals surface area contributed by atoms with Crippen LogP contribution in [0.25, 0.3) is 0 Å². The topological polar surface area (TPSA) is 20.2 Å². The zero-order chi connectivity index (χ0) is 21.7. The molecule has 3 aromatic carbocycles. The Morgan fingerprint density at radius 2 is 0.655 bits per heavy atom. The van der Waals surface area contributed by atoms with Crippen molar-refractivity contribution >= 4 is 23.9 Å². The highest BCUT2D eigenvalue weighted by atomic mass is 28.4. The van der Waals surface area contributed by atoms with Gasteiger partial charge in [-0.05, 0) is 18.2 Å². The predicted octanol–water partition coefficient (Wildman–Crippen LogP) is 2.90. The third kappa shape index (κ3) is 3.10. The van der Waals surface area contributed by atoms with E-state index in [1.165, 1.54) is 0 Å². The van der Waals surface area contributed by atoms with Crippen LogP contribution in [0.5, 0.6) is 0 Å². The van der Waals surface area contributed by atoms with Crippen molar-refractivity contribution in [2.45, 2.75) is 0 Å². The largest absolute Gasteiger partial charge is 0.421 e. The third-order valence-corrected chi connectivity index (χ3v) is 7.77. The van der Waals surface area contributed by atoms with Crippen LogP contribution >= 0.6 is 0 Å². The molecule has 0 saturated heterocycles. The van der Waals surface area contributed by atoms with Crippen LogP contribution in [0.3, 0.4) is 0 Å². The van der Waals surface area contributed by atoms with Crippen molar-refractivity contribution in [3.05, 3.63) is 88.8 Å². The summed E-state index contributed by atoms with van der Waals surface area (Å²) in [4.78, 5) is 11.2. The monoisotopic (exact) mass is 438 g/mol. The van der Waals surface area contributed by atoms with E-state index in [9.17, 15) is 44.3 Å². The first-order chi connectivity index (χ1) is 13.5. The van der Waals surface area contributed by atoms with E-state index >= 15 is 0 Å². The molecule has 0 fully saturated rings. The maximum atomic E-state index is 14.4. The summed E-state index contributed by atoms with van der Waals surface area (Å²) in [5.41, 5.74) is 0. The summed E-state index contributed by atoms with van der Waals surface area (Å²) in [7, 11) is -5.52. The minimum atomic E-state index is -5.52. The van der Waals surface area contributed by atoms with E-state index in [1.54, 1.807) is 0 Å². The summed E-state index contributed by atoms with van der Waals surface area (Å²) < 4.78 is 124. The number of halogens is 9. The van der Waals surface area contributed by atoms with Crippen LogP contribution in [0.4, 0.5) is 39.5 Å². The molecule has 3 aromatic rings. The van der Waals surface area contributed by atoms with Crippen LogP contribution in [-0.2, 0) is 0 Å². The normalized spacial score (nSPS) is 11.8. The van der Waals surface area contributed by atoms with Gasteiger partial charge in [0.1, 0.15) is 0 Å². The molecule has 0 heterocycles. The quantitative estimate of drug-likeness (QED) is 0.289. The van der Waals surface area contributed by atoms with Crippen LogP contribution < -0.4 is 15.6 Å². The highest BCUT2D eigenvalue weighted by Gasteiger charge is 2.47. The molecule has 0 aliphatic rings. The van der Waals surface area contributed by atoms with Gasteiger partial charge in [-0.15, -0.1) is 0 Å². The minimum Gasteiger partial charge on any atom is -0.421 e. The van der Waals surface area contributed by atoms with Gasteiger partial charge in [0.25, 0.3) is 8.32 Å². The summed E-state index contributed by atoms with van der Waals surface area (Å²) in [6, 6.07) is 2.17.